The van der Waals surface area contributed by atoms with E-state index in [1.165, 1.54) is 0 Å². The van der Waals surface area contributed by atoms with Gasteiger partial charge in [-0.1, -0.05) is 91.0 Å². The van der Waals surface area contributed by atoms with E-state index in [0.717, 1.165) is 55.5 Å². The molecule has 0 bridgehead atoms. The van der Waals surface area contributed by atoms with E-state index in [1.807, 2.05) is 109 Å². The molecule has 0 aliphatic carbocycles. The number of nitrogens with zero attached hydrogens (tertiary/aromatic N) is 5. The highest BCUT2D eigenvalue weighted by molar-refractivity contribution is 6.20. The molecule has 0 saturated heterocycles. The fourth-order valence-corrected chi connectivity index (χ4v) is 7.51. The molecule has 0 amide bonds. The van der Waals surface area contributed by atoms with Crippen LogP contribution in [0.5, 0.6) is 11.5 Å². The van der Waals surface area contributed by atoms with Crippen molar-refractivity contribution >= 4 is 44.2 Å². The number of ether oxygens (including phenoxy) is 1. The summed E-state index contributed by atoms with van der Waals surface area (Å²) in [5.74, 6) is 1.85. The molecule has 1 aliphatic rings. The summed E-state index contributed by atoms with van der Waals surface area (Å²) in [6, 6.07) is 54.4. The van der Waals surface area contributed by atoms with Crippen molar-refractivity contribution < 1.29 is 8.85 Å². The molecule has 4 heterocycles. The second-order valence-electron chi connectivity index (χ2n) is 13.2. The van der Waals surface area contributed by atoms with Gasteiger partial charge in [0.1, 0.15) is 17.3 Å². The van der Waals surface area contributed by atoms with Crippen molar-refractivity contribution in [3.8, 4) is 34.1 Å². The molecule has 0 radical (unpaired) electrons. The minimum Gasteiger partial charge on any atom is -0.457 e. The first-order valence-corrected chi connectivity index (χ1v) is 17.6. The molecule has 0 unspecified atom stereocenters. The van der Waals surface area contributed by atoms with E-state index in [2.05, 4.69) is 79.9 Å². The summed E-state index contributed by atoms with van der Waals surface area (Å²) in [6.07, 6.45) is 5.85. The van der Waals surface area contributed by atoms with Crippen LogP contribution in [-0.2, 0) is 0 Å². The van der Waals surface area contributed by atoms with Crippen LogP contribution >= 0.6 is 0 Å². The lowest BCUT2D eigenvalue weighted by atomic mass is 10.0. The number of fused-ring (bicyclic) bond motifs is 5. The molecule has 3 aromatic heterocycles. The summed E-state index contributed by atoms with van der Waals surface area (Å²) in [7, 11) is 0. The Morgan fingerprint density at radius 2 is 1.19 bits per heavy atom. The van der Waals surface area contributed by atoms with Crippen LogP contribution in [0, 0.1) is 6.85 Å². The number of para-hydroxylation sites is 3. The van der Waals surface area contributed by atoms with Crippen LogP contribution in [-0.4, -0.2) is 20.8 Å². The normalized spacial score (nSPS) is 13.8. The molecule has 0 atom stereocenters. The zero-order valence-electron chi connectivity index (χ0n) is 31.7. The first-order chi connectivity index (χ1) is 27.4. The molecule has 10 rings (SSSR count). The standard InChI is InChI=1S/C47H35N5O/c1-33-28-45(48-31-42(33)34-14-5-2-6-15-34)52-44-30-39(53-38-21-13-20-37(29-38)50-27-26-49(32-50)35-16-7-3-8-17-35)24-25-41(44)46-47(52)40-22-11-12-23-43(40)51(46)36-18-9-4-10-19-36/h2-31H,32H2,1H3/i1D3. The second-order valence-corrected chi connectivity index (χ2v) is 13.2. The SMILES string of the molecule is [2H]C([2H])([2H])c1cc(-n2c3cc(Oc4cccc(N5C=CN(c6ccccc6)C5)c4)ccc3c3c2c2ccccc2n3-c2ccccc2)ncc1-c1ccccc1. The predicted octanol–water partition coefficient (Wildman–Crippen LogP) is 11.6. The first-order valence-electron chi connectivity index (χ1n) is 19.1. The van der Waals surface area contributed by atoms with Crippen molar-refractivity contribution in [2.75, 3.05) is 16.5 Å². The molecule has 0 fully saturated rings. The molecule has 0 saturated carbocycles. The highest BCUT2D eigenvalue weighted by Crippen LogP contribution is 2.42. The number of anilines is 2. The summed E-state index contributed by atoms with van der Waals surface area (Å²) in [4.78, 5) is 9.39. The summed E-state index contributed by atoms with van der Waals surface area (Å²) in [6.45, 7) is -1.70. The lowest BCUT2D eigenvalue weighted by molar-refractivity contribution is 0.483. The van der Waals surface area contributed by atoms with Gasteiger partial charge in [-0.15, -0.1) is 0 Å². The molecule has 6 nitrogen and oxygen atoms in total. The van der Waals surface area contributed by atoms with Crippen LogP contribution in [0.3, 0.4) is 0 Å². The smallest absolute Gasteiger partial charge is 0.137 e. The van der Waals surface area contributed by atoms with Gasteiger partial charge >= 0.3 is 0 Å². The van der Waals surface area contributed by atoms with Gasteiger partial charge in [0.15, 0.2) is 0 Å². The molecular weight excluding hydrogens is 651 g/mol. The summed E-state index contributed by atoms with van der Waals surface area (Å²) < 4.78 is 36.8. The number of hydrogen-bond donors (Lipinski definition) is 0. The number of aryl methyl sites for hydroxylation is 1. The second kappa shape index (κ2) is 12.6. The van der Waals surface area contributed by atoms with Crippen molar-refractivity contribution in [2.24, 2.45) is 0 Å². The third-order valence-corrected chi connectivity index (χ3v) is 9.96. The van der Waals surface area contributed by atoms with Crippen LogP contribution in [0.1, 0.15) is 9.68 Å². The fraction of sp³-hybridized carbons (Fsp3) is 0.0426. The Morgan fingerprint density at radius 1 is 0.547 bits per heavy atom. The van der Waals surface area contributed by atoms with E-state index in [0.29, 0.717) is 29.5 Å². The van der Waals surface area contributed by atoms with E-state index < -0.39 is 6.85 Å². The average molecular weight is 689 g/mol. The average Bonchev–Trinajstić information content (AvgIpc) is 3.95. The Hall–Kier alpha value is -7.05. The lowest BCUT2D eigenvalue weighted by Crippen LogP contribution is -2.24. The van der Waals surface area contributed by atoms with Crippen LogP contribution in [0.25, 0.3) is 55.5 Å². The van der Waals surface area contributed by atoms with E-state index >= 15 is 0 Å². The highest BCUT2D eigenvalue weighted by atomic mass is 16.5. The number of benzene rings is 6. The molecule has 6 aromatic carbocycles. The summed E-state index contributed by atoms with van der Waals surface area (Å²) in [5.41, 5.74) is 8.59. The van der Waals surface area contributed by atoms with Crippen molar-refractivity contribution in [3.05, 3.63) is 188 Å². The summed E-state index contributed by atoms with van der Waals surface area (Å²) in [5, 5.41) is 2.00. The van der Waals surface area contributed by atoms with Crippen molar-refractivity contribution in [1.82, 2.24) is 14.1 Å². The maximum Gasteiger partial charge on any atom is 0.137 e. The molecule has 1 aliphatic heterocycles. The number of pyridine rings is 1. The van der Waals surface area contributed by atoms with Crippen molar-refractivity contribution in [1.29, 1.82) is 0 Å². The monoisotopic (exact) mass is 688 g/mol. The van der Waals surface area contributed by atoms with Gasteiger partial charge in [0.25, 0.3) is 0 Å². The van der Waals surface area contributed by atoms with Crippen LogP contribution < -0.4 is 14.5 Å². The van der Waals surface area contributed by atoms with Crippen molar-refractivity contribution in [2.45, 2.75) is 6.85 Å². The van der Waals surface area contributed by atoms with E-state index in [-0.39, 0.29) is 5.56 Å². The van der Waals surface area contributed by atoms with Crippen molar-refractivity contribution in [3.63, 3.8) is 0 Å². The quantitative estimate of drug-likeness (QED) is 0.167. The number of aromatic nitrogens is 3. The summed E-state index contributed by atoms with van der Waals surface area (Å²) >= 11 is 0. The van der Waals surface area contributed by atoms with Gasteiger partial charge in [-0.25, -0.2) is 4.98 Å². The molecule has 9 aromatic rings. The molecule has 6 heteroatoms. The molecule has 0 spiro atoms. The van der Waals surface area contributed by atoms with Gasteiger partial charge < -0.3 is 19.1 Å². The van der Waals surface area contributed by atoms with Gasteiger partial charge in [0.05, 0.1) is 28.7 Å². The third kappa shape index (κ3) is 5.31. The van der Waals surface area contributed by atoms with Gasteiger partial charge in [0, 0.05) is 68.2 Å². The number of rotatable bonds is 7. The Balaban J connectivity index is 1.13. The molecular formula is C47H35N5O. The highest BCUT2D eigenvalue weighted by Gasteiger charge is 2.23. The third-order valence-electron chi connectivity index (χ3n) is 9.96. The van der Waals surface area contributed by atoms with Gasteiger partial charge in [0.2, 0.25) is 0 Å². The topological polar surface area (TPSA) is 38.5 Å². The van der Waals surface area contributed by atoms with Crippen LogP contribution in [0.15, 0.2) is 182 Å². The molecule has 254 valence electrons. The van der Waals surface area contributed by atoms with Gasteiger partial charge in [-0.05, 0) is 78.6 Å². The Bertz CT molecular complexity index is 2920. The van der Waals surface area contributed by atoms with E-state index in [1.54, 1.807) is 12.3 Å². The Morgan fingerprint density at radius 3 is 1.98 bits per heavy atom. The van der Waals surface area contributed by atoms with E-state index in [4.69, 9.17) is 13.8 Å². The largest absolute Gasteiger partial charge is 0.457 e. The van der Waals surface area contributed by atoms with Crippen LogP contribution in [0.4, 0.5) is 11.4 Å². The number of hydrogen-bond acceptors (Lipinski definition) is 4. The Labute approximate surface area is 311 Å². The fourth-order valence-electron chi connectivity index (χ4n) is 7.51. The zero-order chi connectivity index (χ0) is 37.8. The van der Waals surface area contributed by atoms with Gasteiger partial charge in [-0.2, -0.15) is 0 Å². The zero-order valence-corrected chi connectivity index (χ0v) is 28.7. The minimum atomic E-state index is -2.38. The van der Waals surface area contributed by atoms with Gasteiger partial charge in [-0.3, -0.25) is 4.57 Å². The maximum atomic E-state index is 8.61. The Kier molecular flexibility index (Phi) is 6.58. The molecule has 0 N–H and O–H groups in total. The minimum absolute atomic E-state index is 0.238. The maximum absolute atomic E-state index is 8.61. The predicted molar refractivity (Wildman–Crippen MR) is 218 cm³/mol. The molecule has 53 heavy (non-hydrogen) atoms. The van der Waals surface area contributed by atoms with E-state index in [9.17, 15) is 0 Å². The lowest BCUT2D eigenvalue weighted by Gasteiger charge is -2.22. The first kappa shape index (κ1) is 27.6. The van der Waals surface area contributed by atoms with Crippen LogP contribution in [0.2, 0.25) is 0 Å².